The van der Waals surface area contributed by atoms with Crippen LogP contribution in [0.15, 0.2) is 41.0 Å². The van der Waals surface area contributed by atoms with Gasteiger partial charge < -0.3 is 10.4 Å². The lowest BCUT2D eigenvalue weighted by Gasteiger charge is -2.06. The average molecular weight is 335 g/mol. The Hall–Kier alpha value is -2.21. The van der Waals surface area contributed by atoms with E-state index in [2.05, 4.69) is 26.2 Å². The predicted octanol–water partition coefficient (Wildman–Crippen LogP) is 3.10. The fourth-order valence-electron chi connectivity index (χ4n) is 1.61. The van der Waals surface area contributed by atoms with Crippen LogP contribution < -0.4 is 5.32 Å². The molecule has 0 unspecified atom stereocenters. The molecule has 2 aromatic rings. The number of aromatic nitrogens is 1. The lowest BCUT2D eigenvalue weighted by Crippen LogP contribution is -2.13. The van der Waals surface area contributed by atoms with Gasteiger partial charge in [0.2, 0.25) is 0 Å². The number of carbonyl (C=O) groups excluding carboxylic acids is 1. The van der Waals surface area contributed by atoms with Crippen molar-refractivity contribution in [1.29, 1.82) is 0 Å². The number of carbonyl (C=O) groups is 2. The van der Waals surface area contributed by atoms with Crippen molar-refractivity contribution in [2.75, 3.05) is 5.32 Å². The number of pyridine rings is 1. The maximum absolute atomic E-state index is 12.0. The van der Waals surface area contributed by atoms with E-state index in [1.165, 1.54) is 18.3 Å². The molecule has 2 N–H and O–H groups in total. The van der Waals surface area contributed by atoms with Crippen LogP contribution in [-0.4, -0.2) is 22.0 Å². The Bertz CT molecular complexity index is 686. The maximum atomic E-state index is 12.0. The van der Waals surface area contributed by atoms with Crippen LogP contribution >= 0.6 is 15.9 Å². The van der Waals surface area contributed by atoms with E-state index in [-0.39, 0.29) is 17.3 Å². The molecule has 20 heavy (non-hydrogen) atoms. The number of hydrogen-bond acceptors (Lipinski definition) is 3. The van der Waals surface area contributed by atoms with Gasteiger partial charge in [0.25, 0.3) is 5.91 Å². The van der Waals surface area contributed by atoms with Gasteiger partial charge in [-0.3, -0.25) is 4.79 Å². The number of benzene rings is 1. The van der Waals surface area contributed by atoms with Crippen LogP contribution in [0, 0.1) is 6.92 Å². The summed E-state index contributed by atoms with van der Waals surface area (Å²) in [6.07, 6.45) is 1.34. The quantitative estimate of drug-likeness (QED) is 0.903. The number of carboxylic acids is 1. The summed E-state index contributed by atoms with van der Waals surface area (Å²) in [5.74, 6) is -1.20. The van der Waals surface area contributed by atoms with Gasteiger partial charge in [-0.2, -0.15) is 0 Å². The number of carboxylic acid groups (broad SMARTS) is 1. The lowest BCUT2D eigenvalue weighted by molar-refractivity contribution is 0.0696. The van der Waals surface area contributed by atoms with Gasteiger partial charge in [-0.25, -0.2) is 9.78 Å². The SMILES string of the molecule is Cc1cc(C(=O)Nc2cc(C(=O)O)ccn2)ccc1Br. The second kappa shape index (κ2) is 5.83. The van der Waals surface area contributed by atoms with E-state index in [1.54, 1.807) is 18.2 Å². The predicted molar refractivity (Wildman–Crippen MR) is 78.0 cm³/mol. The van der Waals surface area contributed by atoms with Crippen LogP contribution in [0.25, 0.3) is 0 Å². The zero-order valence-electron chi connectivity index (χ0n) is 10.6. The van der Waals surface area contributed by atoms with E-state index >= 15 is 0 Å². The number of halogens is 1. The number of aromatic carboxylic acids is 1. The first kappa shape index (κ1) is 14.2. The van der Waals surface area contributed by atoms with Crippen molar-refractivity contribution < 1.29 is 14.7 Å². The minimum absolute atomic E-state index is 0.0716. The monoisotopic (exact) mass is 334 g/mol. The Morgan fingerprint density at radius 3 is 2.60 bits per heavy atom. The molecule has 0 spiro atoms. The molecule has 0 radical (unpaired) electrons. The topological polar surface area (TPSA) is 79.3 Å². The summed E-state index contributed by atoms with van der Waals surface area (Å²) in [5.41, 5.74) is 1.49. The summed E-state index contributed by atoms with van der Waals surface area (Å²) in [4.78, 5) is 26.8. The highest BCUT2D eigenvalue weighted by atomic mass is 79.9. The normalized spacial score (nSPS) is 10.1. The van der Waals surface area contributed by atoms with Crippen LogP contribution in [0.3, 0.4) is 0 Å². The van der Waals surface area contributed by atoms with E-state index in [0.29, 0.717) is 5.56 Å². The molecular formula is C14H11BrN2O3. The van der Waals surface area contributed by atoms with Crippen LogP contribution in [0.1, 0.15) is 26.3 Å². The fraction of sp³-hybridized carbons (Fsp3) is 0.0714. The van der Waals surface area contributed by atoms with Crippen molar-refractivity contribution in [2.24, 2.45) is 0 Å². The van der Waals surface area contributed by atoms with Crippen molar-refractivity contribution in [3.63, 3.8) is 0 Å². The van der Waals surface area contributed by atoms with Gasteiger partial charge in [0, 0.05) is 16.2 Å². The summed E-state index contributed by atoms with van der Waals surface area (Å²) in [7, 11) is 0. The molecule has 0 atom stereocenters. The minimum atomic E-state index is -1.07. The molecule has 1 heterocycles. The summed E-state index contributed by atoms with van der Waals surface area (Å²) in [5, 5.41) is 11.5. The zero-order chi connectivity index (χ0) is 14.7. The van der Waals surface area contributed by atoms with E-state index in [4.69, 9.17) is 5.11 Å². The van der Waals surface area contributed by atoms with Crippen molar-refractivity contribution >= 4 is 33.6 Å². The Labute approximate surface area is 123 Å². The highest BCUT2D eigenvalue weighted by molar-refractivity contribution is 9.10. The first-order valence-corrected chi connectivity index (χ1v) is 6.53. The second-order valence-electron chi connectivity index (χ2n) is 4.15. The molecule has 0 aliphatic heterocycles. The van der Waals surface area contributed by atoms with Gasteiger partial charge in [0.05, 0.1) is 5.56 Å². The molecule has 0 aliphatic rings. The number of hydrogen-bond donors (Lipinski definition) is 2. The van der Waals surface area contributed by atoms with Gasteiger partial charge in [0.15, 0.2) is 0 Å². The van der Waals surface area contributed by atoms with Crippen LogP contribution in [0.4, 0.5) is 5.82 Å². The zero-order valence-corrected chi connectivity index (χ0v) is 12.1. The van der Waals surface area contributed by atoms with Gasteiger partial charge in [0.1, 0.15) is 5.82 Å². The van der Waals surface area contributed by atoms with Gasteiger partial charge in [-0.05, 0) is 42.8 Å². The van der Waals surface area contributed by atoms with Crippen LogP contribution in [0.5, 0.6) is 0 Å². The number of rotatable bonds is 3. The lowest BCUT2D eigenvalue weighted by atomic mass is 10.1. The highest BCUT2D eigenvalue weighted by Crippen LogP contribution is 2.18. The maximum Gasteiger partial charge on any atom is 0.335 e. The minimum Gasteiger partial charge on any atom is -0.478 e. The molecular weight excluding hydrogens is 324 g/mol. The molecule has 0 fully saturated rings. The standard InChI is InChI=1S/C14H11BrN2O3/c1-8-6-9(2-3-11(8)15)13(18)17-12-7-10(14(19)20)4-5-16-12/h2-7H,1H3,(H,19,20)(H,16,17,18). The summed E-state index contributed by atoms with van der Waals surface area (Å²) >= 11 is 3.36. The largest absolute Gasteiger partial charge is 0.478 e. The highest BCUT2D eigenvalue weighted by Gasteiger charge is 2.10. The van der Waals surface area contributed by atoms with Crippen molar-refractivity contribution in [3.8, 4) is 0 Å². The van der Waals surface area contributed by atoms with Crippen molar-refractivity contribution in [3.05, 3.63) is 57.7 Å². The summed E-state index contributed by atoms with van der Waals surface area (Å²) in [6, 6.07) is 7.87. The molecule has 102 valence electrons. The number of amides is 1. The molecule has 2 rings (SSSR count). The average Bonchev–Trinajstić information content (AvgIpc) is 2.42. The Morgan fingerprint density at radius 1 is 1.20 bits per heavy atom. The molecule has 0 aliphatic carbocycles. The molecule has 1 amide bonds. The Kier molecular flexibility index (Phi) is 4.14. The molecule has 0 saturated carbocycles. The third-order valence-electron chi connectivity index (χ3n) is 2.67. The van der Waals surface area contributed by atoms with E-state index in [1.807, 2.05) is 6.92 Å². The third-order valence-corrected chi connectivity index (χ3v) is 3.56. The first-order valence-electron chi connectivity index (χ1n) is 5.74. The number of nitrogens with one attached hydrogen (secondary N) is 1. The number of anilines is 1. The van der Waals surface area contributed by atoms with E-state index in [9.17, 15) is 9.59 Å². The van der Waals surface area contributed by atoms with Gasteiger partial charge >= 0.3 is 5.97 Å². The van der Waals surface area contributed by atoms with Crippen LogP contribution in [0.2, 0.25) is 0 Å². The summed E-state index contributed by atoms with van der Waals surface area (Å²) < 4.78 is 0.917. The molecule has 1 aromatic heterocycles. The molecule has 0 bridgehead atoms. The van der Waals surface area contributed by atoms with Gasteiger partial charge in [-0.15, -0.1) is 0 Å². The number of nitrogens with zero attached hydrogens (tertiary/aromatic N) is 1. The molecule has 1 aromatic carbocycles. The molecule has 0 saturated heterocycles. The van der Waals surface area contributed by atoms with Gasteiger partial charge in [-0.1, -0.05) is 15.9 Å². The van der Waals surface area contributed by atoms with Crippen molar-refractivity contribution in [2.45, 2.75) is 6.92 Å². The number of aryl methyl sites for hydroxylation is 1. The first-order chi connectivity index (χ1) is 9.47. The van der Waals surface area contributed by atoms with E-state index in [0.717, 1.165) is 10.0 Å². The van der Waals surface area contributed by atoms with E-state index < -0.39 is 5.97 Å². The molecule has 5 nitrogen and oxygen atoms in total. The smallest absolute Gasteiger partial charge is 0.335 e. The fourth-order valence-corrected chi connectivity index (χ4v) is 1.85. The second-order valence-corrected chi connectivity index (χ2v) is 5.01. The van der Waals surface area contributed by atoms with Crippen LogP contribution in [-0.2, 0) is 0 Å². The van der Waals surface area contributed by atoms with Crippen molar-refractivity contribution in [1.82, 2.24) is 4.98 Å². The summed E-state index contributed by atoms with van der Waals surface area (Å²) in [6.45, 7) is 1.88. The molecule has 6 heteroatoms. The third kappa shape index (κ3) is 3.21. The Morgan fingerprint density at radius 2 is 1.95 bits per heavy atom. The Balaban J connectivity index is 2.21.